The fraction of sp³-hybridized carbons (Fsp3) is 0.476. The van der Waals surface area contributed by atoms with Gasteiger partial charge in [-0.3, -0.25) is 9.69 Å². The zero-order valence-electron chi connectivity index (χ0n) is 16.6. The maximum Gasteiger partial charge on any atom is 0.219 e. The molecule has 1 fully saturated rings. The Morgan fingerprint density at radius 3 is 2.48 bits per heavy atom. The summed E-state index contributed by atoms with van der Waals surface area (Å²) in [6.45, 7) is 15.4. The number of nitrogens with zero attached hydrogens (tertiary/aromatic N) is 5. The van der Waals surface area contributed by atoms with Crippen LogP contribution < -0.4 is 4.90 Å². The van der Waals surface area contributed by atoms with Gasteiger partial charge in [0.15, 0.2) is 0 Å². The number of carbonyl (C=O) groups is 1. The SMILES string of the molecule is C=C(C)CN(CC)Cc1nc(N2CCN(C(C)=O)CC2)c2ccccc2n1. The van der Waals surface area contributed by atoms with E-state index in [-0.39, 0.29) is 5.91 Å². The predicted molar refractivity (Wildman–Crippen MR) is 110 cm³/mol. The first-order valence-electron chi connectivity index (χ1n) is 9.60. The van der Waals surface area contributed by atoms with E-state index in [0.29, 0.717) is 6.54 Å². The highest BCUT2D eigenvalue weighted by atomic mass is 16.2. The number of likely N-dealkylation sites (N-methyl/N-ethyl adjacent to an activating group) is 1. The summed E-state index contributed by atoms with van der Waals surface area (Å²) in [6.07, 6.45) is 0. The molecular weight excluding hydrogens is 338 g/mol. The lowest BCUT2D eigenvalue weighted by Gasteiger charge is -2.35. The second-order valence-corrected chi connectivity index (χ2v) is 7.23. The maximum atomic E-state index is 11.6. The molecule has 1 aliphatic rings. The number of para-hydroxylation sites is 1. The van der Waals surface area contributed by atoms with Crippen LogP contribution in [0.3, 0.4) is 0 Å². The molecular formula is C21H29N5O. The van der Waals surface area contributed by atoms with Crippen molar-refractivity contribution in [2.24, 2.45) is 0 Å². The van der Waals surface area contributed by atoms with Gasteiger partial charge in [0.05, 0.1) is 12.1 Å². The van der Waals surface area contributed by atoms with E-state index in [9.17, 15) is 4.79 Å². The van der Waals surface area contributed by atoms with Gasteiger partial charge in [0.2, 0.25) is 5.91 Å². The number of anilines is 1. The van der Waals surface area contributed by atoms with Gasteiger partial charge < -0.3 is 9.80 Å². The van der Waals surface area contributed by atoms with Crippen molar-refractivity contribution in [3.63, 3.8) is 0 Å². The van der Waals surface area contributed by atoms with Crippen molar-refractivity contribution in [2.45, 2.75) is 27.3 Å². The molecule has 0 spiro atoms. The first kappa shape index (κ1) is 19.3. The number of piperazine rings is 1. The zero-order valence-corrected chi connectivity index (χ0v) is 16.6. The molecule has 2 aromatic rings. The molecule has 1 amide bonds. The van der Waals surface area contributed by atoms with E-state index in [1.165, 1.54) is 0 Å². The Morgan fingerprint density at radius 1 is 1.15 bits per heavy atom. The molecule has 3 rings (SSSR count). The molecule has 1 aliphatic heterocycles. The fourth-order valence-electron chi connectivity index (χ4n) is 3.51. The van der Waals surface area contributed by atoms with Gasteiger partial charge >= 0.3 is 0 Å². The molecule has 0 saturated carbocycles. The lowest BCUT2D eigenvalue weighted by molar-refractivity contribution is -0.129. The third-order valence-corrected chi connectivity index (χ3v) is 4.96. The number of fused-ring (bicyclic) bond motifs is 1. The molecule has 0 atom stereocenters. The van der Waals surface area contributed by atoms with Crippen LogP contribution in [0.1, 0.15) is 26.6 Å². The summed E-state index contributed by atoms with van der Waals surface area (Å²) in [5.41, 5.74) is 2.11. The summed E-state index contributed by atoms with van der Waals surface area (Å²) in [5, 5.41) is 1.07. The largest absolute Gasteiger partial charge is 0.352 e. The van der Waals surface area contributed by atoms with E-state index in [2.05, 4.69) is 29.4 Å². The Bertz CT molecular complexity index is 826. The number of aromatic nitrogens is 2. The molecule has 0 N–H and O–H groups in total. The van der Waals surface area contributed by atoms with E-state index in [1.807, 2.05) is 30.0 Å². The van der Waals surface area contributed by atoms with Crippen molar-refractivity contribution in [3.05, 3.63) is 42.2 Å². The molecule has 1 aromatic heterocycles. The van der Waals surface area contributed by atoms with Gasteiger partial charge in [-0.15, -0.1) is 0 Å². The standard InChI is InChI=1S/C21H29N5O/c1-5-24(14-16(2)3)15-20-22-19-9-7-6-8-18(19)21(23-20)26-12-10-25(11-13-26)17(4)27/h6-9H,2,5,10-15H2,1,3-4H3. The van der Waals surface area contributed by atoms with Gasteiger partial charge in [-0.25, -0.2) is 9.97 Å². The number of rotatable bonds is 6. The molecule has 6 nitrogen and oxygen atoms in total. The quantitative estimate of drug-likeness (QED) is 0.735. The third-order valence-electron chi connectivity index (χ3n) is 4.96. The van der Waals surface area contributed by atoms with E-state index in [0.717, 1.165) is 67.4 Å². The van der Waals surface area contributed by atoms with Crippen molar-refractivity contribution in [3.8, 4) is 0 Å². The van der Waals surface area contributed by atoms with E-state index in [4.69, 9.17) is 9.97 Å². The van der Waals surface area contributed by atoms with Crippen LogP contribution in [-0.4, -0.2) is 64.9 Å². The number of hydrogen-bond acceptors (Lipinski definition) is 5. The Kier molecular flexibility index (Phi) is 6.06. The van der Waals surface area contributed by atoms with Gasteiger partial charge in [-0.1, -0.05) is 31.2 Å². The fourth-order valence-corrected chi connectivity index (χ4v) is 3.51. The Balaban J connectivity index is 1.89. The monoisotopic (exact) mass is 367 g/mol. The van der Waals surface area contributed by atoms with E-state index < -0.39 is 0 Å². The van der Waals surface area contributed by atoms with Gasteiger partial charge in [0.25, 0.3) is 0 Å². The predicted octanol–water partition coefficient (Wildman–Crippen LogP) is 2.70. The van der Waals surface area contributed by atoms with Crippen molar-refractivity contribution < 1.29 is 4.79 Å². The normalized spacial score (nSPS) is 14.8. The molecule has 2 heterocycles. The summed E-state index contributed by atoms with van der Waals surface area (Å²) in [5.74, 6) is 1.95. The van der Waals surface area contributed by atoms with E-state index in [1.54, 1.807) is 6.92 Å². The first-order chi connectivity index (χ1) is 13.0. The van der Waals surface area contributed by atoms with Gasteiger partial charge in [0, 0.05) is 45.0 Å². The minimum atomic E-state index is 0.140. The maximum absolute atomic E-state index is 11.6. The lowest BCUT2D eigenvalue weighted by Crippen LogP contribution is -2.48. The van der Waals surface area contributed by atoms with Gasteiger partial charge in [-0.05, 0) is 25.6 Å². The van der Waals surface area contributed by atoms with Crippen molar-refractivity contribution in [1.82, 2.24) is 19.8 Å². The summed E-state index contributed by atoms with van der Waals surface area (Å²) in [6, 6.07) is 8.17. The van der Waals surface area contributed by atoms with Crippen LogP contribution in [0.4, 0.5) is 5.82 Å². The Hall–Kier alpha value is -2.47. The number of benzene rings is 1. The number of amides is 1. The number of hydrogen-bond donors (Lipinski definition) is 0. The minimum absolute atomic E-state index is 0.140. The first-order valence-corrected chi connectivity index (χ1v) is 9.60. The van der Waals surface area contributed by atoms with Crippen molar-refractivity contribution in [1.29, 1.82) is 0 Å². The second-order valence-electron chi connectivity index (χ2n) is 7.23. The summed E-state index contributed by atoms with van der Waals surface area (Å²) in [4.78, 5) is 27.8. The number of carbonyl (C=O) groups excluding carboxylic acids is 1. The van der Waals surface area contributed by atoms with Gasteiger partial charge in [-0.2, -0.15) is 0 Å². The molecule has 1 aromatic carbocycles. The third kappa shape index (κ3) is 4.63. The highest BCUT2D eigenvalue weighted by Gasteiger charge is 2.22. The molecule has 27 heavy (non-hydrogen) atoms. The zero-order chi connectivity index (χ0) is 19.4. The lowest BCUT2D eigenvalue weighted by atomic mass is 10.2. The summed E-state index contributed by atoms with van der Waals surface area (Å²) in [7, 11) is 0. The van der Waals surface area contributed by atoms with Crippen molar-refractivity contribution >= 4 is 22.6 Å². The van der Waals surface area contributed by atoms with Crippen LogP contribution in [0, 0.1) is 0 Å². The van der Waals surface area contributed by atoms with Crippen LogP contribution in [0.2, 0.25) is 0 Å². The molecule has 6 heteroatoms. The average Bonchev–Trinajstić information content (AvgIpc) is 2.66. The smallest absolute Gasteiger partial charge is 0.219 e. The second kappa shape index (κ2) is 8.48. The van der Waals surface area contributed by atoms with Crippen LogP contribution >= 0.6 is 0 Å². The minimum Gasteiger partial charge on any atom is -0.352 e. The van der Waals surface area contributed by atoms with Crippen LogP contribution in [0.5, 0.6) is 0 Å². The molecule has 0 aliphatic carbocycles. The molecule has 1 saturated heterocycles. The van der Waals surface area contributed by atoms with Crippen LogP contribution in [0.15, 0.2) is 36.4 Å². The van der Waals surface area contributed by atoms with Crippen molar-refractivity contribution in [2.75, 3.05) is 44.2 Å². The molecule has 0 bridgehead atoms. The van der Waals surface area contributed by atoms with Gasteiger partial charge in [0.1, 0.15) is 11.6 Å². The highest BCUT2D eigenvalue weighted by molar-refractivity contribution is 5.89. The molecule has 0 radical (unpaired) electrons. The molecule has 144 valence electrons. The van der Waals surface area contributed by atoms with Crippen LogP contribution in [0.25, 0.3) is 10.9 Å². The van der Waals surface area contributed by atoms with E-state index >= 15 is 0 Å². The molecule has 0 unspecified atom stereocenters. The highest BCUT2D eigenvalue weighted by Crippen LogP contribution is 2.25. The Morgan fingerprint density at radius 2 is 1.85 bits per heavy atom. The summed E-state index contributed by atoms with van der Waals surface area (Å²) >= 11 is 0. The topological polar surface area (TPSA) is 52.6 Å². The Labute approximate surface area is 161 Å². The average molecular weight is 367 g/mol. The summed E-state index contributed by atoms with van der Waals surface area (Å²) < 4.78 is 0. The van der Waals surface area contributed by atoms with Crippen LogP contribution in [-0.2, 0) is 11.3 Å².